The minimum absolute atomic E-state index is 0.924. The second-order valence-electron chi connectivity index (χ2n) is 2.02. The maximum absolute atomic E-state index is 5.13. The largest absolute Gasteiger partial charge is 0.388 e. The molecule has 0 amide bonds. The fourth-order valence-electron chi connectivity index (χ4n) is 0.391. The Morgan fingerprint density at radius 1 is 0.900 bits per heavy atom. The van der Waals surface area contributed by atoms with Gasteiger partial charge in [0.25, 0.3) is 0 Å². The van der Waals surface area contributed by atoms with Gasteiger partial charge in [-0.1, -0.05) is 13.8 Å². The molecule has 0 aliphatic heterocycles. The van der Waals surface area contributed by atoms with E-state index in [4.69, 9.17) is 4.74 Å². The molecule has 10 heavy (non-hydrogen) atoms. The third-order valence-corrected chi connectivity index (χ3v) is 0.697. The first-order valence-corrected chi connectivity index (χ1v) is 3.81. The van der Waals surface area contributed by atoms with Crippen molar-refractivity contribution in [2.75, 3.05) is 27.4 Å². The minimum atomic E-state index is 0.924. The van der Waals surface area contributed by atoms with E-state index in [1.807, 2.05) is 0 Å². The molecule has 2 nitrogen and oxygen atoms in total. The van der Waals surface area contributed by atoms with Crippen LogP contribution in [0.15, 0.2) is 0 Å². The van der Waals surface area contributed by atoms with Gasteiger partial charge in [0.05, 0.1) is 0 Å². The summed E-state index contributed by atoms with van der Waals surface area (Å²) in [7, 11) is 3.25. The van der Waals surface area contributed by atoms with Gasteiger partial charge in [0, 0.05) is 27.4 Å². The van der Waals surface area contributed by atoms with Crippen LogP contribution >= 0.6 is 0 Å². The van der Waals surface area contributed by atoms with Gasteiger partial charge in [-0.25, -0.2) is 0 Å². The highest BCUT2D eigenvalue weighted by molar-refractivity contribution is 4.25. The molecule has 0 aromatic heterocycles. The molecule has 0 radical (unpaired) electrons. The number of methoxy groups -OCH3 is 1. The molecule has 0 saturated carbocycles. The molecule has 0 fully saturated rings. The van der Waals surface area contributed by atoms with Crippen molar-refractivity contribution in [3.63, 3.8) is 0 Å². The topological polar surface area (TPSA) is 18.5 Å². The quantitative estimate of drug-likeness (QED) is 0.568. The lowest BCUT2D eigenvalue weighted by molar-refractivity contribution is 0.135. The standard InChI is InChI=1S/C6H14O.C2H6O/c1-3-5-7-6-4-2;1-3-2/h3-6H2,1-2H3;1-2H3. The normalized spacial score (nSPS) is 8.40. The third kappa shape index (κ3) is 24.7. The third-order valence-electron chi connectivity index (χ3n) is 0.697. The first-order valence-electron chi connectivity index (χ1n) is 3.81. The minimum Gasteiger partial charge on any atom is -0.388 e. The summed E-state index contributed by atoms with van der Waals surface area (Å²) in [5.74, 6) is 0. The molecular weight excluding hydrogens is 128 g/mol. The Balaban J connectivity index is 0. The molecular formula is C8H20O2. The molecule has 0 atom stereocenters. The van der Waals surface area contributed by atoms with E-state index in [0.29, 0.717) is 0 Å². The number of hydrogen-bond donors (Lipinski definition) is 0. The molecule has 64 valence electrons. The molecule has 0 saturated heterocycles. The fraction of sp³-hybridized carbons (Fsp3) is 1.00. The van der Waals surface area contributed by atoms with Crippen LogP contribution in [0.5, 0.6) is 0 Å². The van der Waals surface area contributed by atoms with Gasteiger partial charge in [-0.2, -0.15) is 0 Å². The van der Waals surface area contributed by atoms with Crippen molar-refractivity contribution in [1.82, 2.24) is 0 Å². The number of ether oxygens (including phenoxy) is 2. The Hall–Kier alpha value is -0.0800. The lowest BCUT2D eigenvalue weighted by Gasteiger charge is -1.95. The molecule has 0 bridgehead atoms. The van der Waals surface area contributed by atoms with Crippen molar-refractivity contribution in [2.45, 2.75) is 26.7 Å². The maximum Gasteiger partial charge on any atom is 0.0463 e. The van der Waals surface area contributed by atoms with E-state index in [2.05, 4.69) is 18.6 Å². The van der Waals surface area contributed by atoms with Gasteiger partial charge in [-0.05, 0) is 12.8 Å². The Morgan fingerprint density at radius 2 is 1.20 bits per heavy atom. The highest BCUT2D eigenvalue weighted by Crippen LogP contribution is 1.81. The van der Waals surface area contributed by atoms with Crippen LogP contribution in [0.4, 0.5) is 0 Å². The van der Waals surface area contributed by atoms with Gasteiger partial charge in [0.1, 0.15) is 0 Å². The van der Waals surface area contributed by atoms with E-state index in [1.165, 1.54) is 0 Å². The van der Waals surface area contributed by atoms with Crippen LogP contribution in [0, 0.1) is 0 Å². The van der Waals surface area contributed by atoms with Gasteiger partial charge in [0.2, 0.25) is 0 Å². The van der Waals surface area contributed by atoms with E-state index < -0.39 is 0 Å². The van der Waals surface area contributed by atoms with Crippen molar-refractivity contribution in [3.05, 3.63) is 0 Å². The molecule has 0 aromatic rings. The zero-order chi connectivity index (χ0) is 8.24. The second-order valence-corrected chi connectivity index (χ2v) is 2.02. The molecule has 0 rings (SSSR count). The molecule has 0 spiro atoms. The maximum atomic E-state index is 5.13. The van der Waals surface area contributed by atoms with Gasteiger partial charge in [-0.3, -0.25) is 0 Å². The van der Waals surface area contributed by atoms with E-state index in [1.54, 1.807) is 14.2 Å². The van der Waals surface area contributed by atoms with Crippen molar-refractivity contribution in [1.29, 1.82) is 0 Å². The van der Waals surface area contributed by atoms with E-state index in [0.717, 1.165) is 26.1 Å². The van der Waals surface area contributed by atoms with Gasteiger partial charge in [-0.15, -0.1) is 0 Å². The lowest BCUT2D eigenvalue weighted by Crippen LogP contribution is -1.92. The monoisotopic (exact) mass is 148 g/mol. The van der Waals surface area contributed by atoms with E-state index in [-0.39, 0.29) is 0 Å². The summed E-state index contributed by atoms with van der Waals surface area (Å²) in [5.41, 5.74) is 0. The van der Waals surface area contributed by atoms with Crippen molar-refractivity contribution < 1.29 is 9.47 Å². The zero-order valence-electron chi connectivity index (χ0n) is 7.64. The number of rotatable bonds is 4. The Bertz CT molecular complexity index is 34.2. The lowest BCUT2D eigenvalue weighted by atomic mass is 10.5. The Labute approximate surface area is 64.5 Å². The first-order chi connectivity index (χ1) is 4.83. The smallest absolute Gasteiger partial charge is 0.0463 e. The average Bonchev–Trinajstić information content (AvgIpc) is 1.91. The van der Waals surface area contributed by atoms with Gasteiger partial charge < -0.3 is 9.47 Å². The predicted molar refractivity (Wildman–Crippen MR) is 44.3 cm³/mol. The summed E-state index contributed by atoms with van der Waals surface area (Å²) < 4.78 is 9.38. The molecule has 0 unspecified atom stereocenters. The van der Waals surface area contributed by atoms with Crippen LogP contribution in [0.1, 0.15) is 26.7 Å². The first kappa shape index (κ1) is 12.6. The summed E-state index contributed by atoms with van der Waals surface area (Å²) in [6.45, 7) is 6.09. The Kier molecular flexibility index (Phi) is 20.1. The van der Waals surface area contributed by atoms with Crippen LogP contribution in [0.3, 0.4) is 0 Å². The highest BCUT2D eigenvalue weighted by Gasteiger charge is 1.77. The Morgan fingerprint density at radius 3 is 1.40 bits per heavy atom. The average molecular weight is 148 g/mol. The summed E-state index contributed by atoms with van der Waals surface area (Å²) in [6.07, 6.45) is 2.28. The van der Waals surface area contributed by atoms with Gasteiger partial charge >= 0.3 is 0 Å². The van der Waals surface area contributed by atoms with Crippen LogP contribution in [0.2, 0.25) is 0 Å². The summed E-state index contributed by atoms with van der Waals surface area (Å²) in [5, 5.41) is 0. The summed E-state index contributed by atoms with van der Waals surface area (Å²) in [6, 6.07) is 0. The van der Waals surface area contributed by atoms with Crippen molar-refractivity contribution in [3.8, 4) is 0 Å². The van der Waals surface area contributed by atoms with E-state index in [9.17, 15) is 0 Å². The molecule has 0 aromatic carbocycles. The van der Waals surface area contributed by atoms with Crippen molar-refractivity contribution in [2.24, 2.45) is 0 Å². The number of hydrogen-bond acceptors (Lipinski definition) is 2. The molecule has 0 aliphatic rings. The summed E-state index contributed by atoms with van der Waals surface area (Å²) >= 11 is 0. The molecule has 2 heteroatoms. The molecule has 0 aliphatic carbocycles. The van der Waals surface area contributed by atoms with Crippen molar-refractivity contribution >= 4 is 0 Å². The zero-order valence-corrected chi connectivity index (χ0v) is 7.64. The van der Waals surface area contributed by atoms with Crippen LogP contribution < -0.4 is 0 Å². The van der Waals surface area contributed by atoms with E-state index >= 15 is 0 Å². The summed E-state index contributed by atoms with van der Waals surface area (Å²) in [4.78, 5) is 0. The highest BCUT2D eigenvalue weighted by atomic mass is 16.5. The second kappa shape index (κ2) is 16.0. The SMILES string of the molecule is CCCOCCC.COC. The van der Waals surface area contributed by atoms with Crippen LogP contribution in [-0.4, -0.2) is 27.4 Å². The van der Waals surface area contributed by atoms with Crippen LogP contribution in [0.25, 0.3) is 0 Å². The predicted octanol–water partition coefficient (Wildman–Crippen LogP) is 2.09. The van der Waals surface area contributed by atoms with Crippen LogP contribution in [-0.2, 0) is 9.47 Å². The fourth-order valence-corrected chi connectivity index (χ4v) is 0.391. The molecule has 0 N–H and O–H groups in total. The van der Waals surface area contributed by atoms with Gasteiger partial charge in [0.15, 0.2) is 0 Å². The molecule has 0 heterocycles.